The van der Waals surface area contributed by atoms with E-state index in [1.54, 1.807) is 0 Å². The molecule has 176 valence electrons. The predicted molar refractivity (Wildman–Crippen MR) is 104 cm³/mol. The molecule has 9 N–H and O–H groups in total. The molecule has 15 heteroatoms. The lowest BCUT2D eigenvalue weighted by molar-refractivity contribution is -0.147. The first kappa shape index (κ1) is 26.0. The van der Waals surface area contributed by atoms with Crippen molar-refractivity contribution in [3.63, 3.8) is 0 Å². The summed E-state index contributed by atoms with van der Waals surface area (Å²) < 4.78 is 0. The van der Waals surface area contributed by atoms with Crippen molar-refractivity contribution in [3.8, 4) is 0 Å². The van der Waals surface area contributed by atoms with E-state index in [4.69, 9.17) is 21.1 Å². The highest BCUT2D eigenvalue weighted by Crippen LogP contribution is 2.04. The highest BCUT2D eigenvalue weighted by atomic mass is 16.4. The maximum absolute atomic E-state index is 12.7. The second-order valence-electron chi connectivity index (χ2n) is 6.60. The van der Waals surface area contributed by atoms with E-state index in [9.17, 15) is 28.8 Å². The van der Waals surface area contributed by atoms with Crippen molar-refractivity contribution in [3.05, 3.63) is 18.2 Å². The summed E-state index contributed by atoms with van der Waals surface area (Å²) in [7, 11) is 0. The lowest BCUT2D eigenvalue weighted by Crippen LogP contribution is -2.57. The normalized spacial score (nSPS) is 13.3. The van der Waals surface area contributed by atoms with Gasteiger partial charge in [-0.25, -0.2) is 9.78 Å². The standard InChI is InChI=1S/C17H24N6O9/c18-5-12(24)21-10(3-8-6-19-7-20-8)16(30)22-9(1-2-13(25)26)15(29)23-11(17(31)32)4-14(27)28/h6-7,9-11H,1-5,18H2,(H,19,20)(H,21,24)(H,22,30)(H,23,29)(H,25,26)(H,27,28)(H,31,32). The van der Waals surface area contributed by atoms with E-state index in [1.165, 1.54) is 12.5 Å². The highest BCUT2D eigenvalue weighted by Gasteiger charge is 2.31. The van der Waals surface area contributed by atoms with Gasteiger partial charge in [-0.15, -0.1) is 0 Å². The number of carbonyl (C=O) groups is 6. The predicted octanol–water partition coefficient (Wildman–Crippen LogP) is -3.21. The van der Waals surface area contributed by atoms with Gasteiger partial charge in [0.1, 0.15) is 18.1 Å². The summed E-state index contributed by atoms with van der Waals surface area (Å²) in [5.74, 6) is -7.06. The van der Waals surface area contributed by atoms with Crippen molar-refractivity contribution in [1.82, 2.24) is 25.9 Å². The Bertz CT molecular complexity index is 842. The van der Waals surface area contributed by atoms with Crippen LogP contribution < -0.4 is 21.7 Å². The Kier molecular flexibility index (Phi) is 10.3. The fourth-order valence-electron chi connectivity index (χ4n) is 2.53. The lowest BCUT2D eigenvalue weighted by atomic mass is 10.1. The molecule has 1 rings (SSSR count). The monoisotopic (exact) mass is 456 g/mol. The number of rotatable bonds is 14. The van der Waals surface area contributed by atoms with Crippen molar-refractivity contribution < 1.29 is 44.1 Å². The van der Waals surface area contributed by atoms with Crippen LogP contribution in [0, 0.1) is 0 Å². The molecule has 3 atom stereocenters. The lowest BCUT2D eigenvalue weighted by Gasteiger charge is -2.23. The van der Waals surface area contributed by atoms with E-state index in [2.05, 4.69) is 20.6 Å². The summed E-state index contributed by atoms with van der Waals surface area (Å²) in [5, 5.41) is 33.4. The molecule has 0 fully saturated rings. The molecule has 0 bridgehead atoms. The van der Waals surface area contributed by atoms with Gasteiger partial charge in [0.05, 0.1) is 19.3 Å². The number of carbonyl (C=O) groups excluding carboxylic acids is 3. The Morgan fingerprint density at radius 3 is 2.06 bits per heavy atom. The van der Waals surface area contributed by atoms with E-state index in [0.29, 0.717) is 5.69 Å². The van der Waals surface area contributed by atoms with Crippen LogP contribution in [0.25, 0.3) is 0 Å². The van der Waals surface area contributed by atoms with Gasteiger partial charge in [-0.3, -0.25) is 24.0 Å². The minimum absolute atomic E-state index is 0.0678. The van der Waals surface area contributed by atoms with Crippen LogP contribution in [0.4, 0.5) is 0 Å². The maximum Gasteiger partial charge on any atom is 0.326 e. The van der Waals surface area contributed by atoms with Crippen LogP contribution in [0.15, 0.2) is 12.5 Å². The molecule has 0 radical (unpaired) electrons. The van der Waals surface area contributed by atoms with Crippen LogP contribution in [-0.2, 0) is 35.2 Å². The molecule has 0 saturated carbocycles. The van der Waals surface area contributed by atoms with Gasteiger partial charge in [-0.05, 0) is 6.42 Å². The fourth-order valence-corrected chi connectivity index (χ4v) is 2.53. The van der Waals surface area contributed by atoms with Gasteiger partial charge in [-0.2, -0.15) is 0 Å². The van der Waals surface area contributed by atoms with Crippen molar-refractivity contribution >= 4 is 35.6 Å². The summed E-state index contributed by atoms with van der Waals surface area (Å²) in [6.45, 7) is -0.425. The van der Waals surface area contributed by atoms with Gasteiger partial charge in [0.15, 0.2) is 0 Å². The van der Waals surface area contributed by atoms with Gasteiger partial charge in [0.25, 0.3) is 0 Å². The quantitative estimate of drug-likeness (QED) is 0.138. The number of hydrogen-bond acceptors (Lipinski definition) is 8. The summed E-state index contributed by atoms with van der Waals surface area (Å²) >= 11 is 0. The average molecular weight is 456 g/mol. The van der Waals surface area contributed by atoms with Gasteiger partial charge in [0, 0.05) is 24.7 Å². The Hall–Kier alpha value is -4.01. The maximum atomic E-state index is 12.7. The molecule has 0 aliphatic rings. The minimum atomic E-state index is -1.80. The molecule has 0 aromatic carbocycles. The zero-order valence-corrected chi connectivity index (χ0v) is 16.7. The van der Waals surface area contributed by atoms with Crippen molar-refractivity contribution in [2.75, 3.05) is 6.54 Å². The molecule has 32 heavy (non-hydrogen) atoms. The van der Waals surface area contributed by atoms with Crippen molar-refractivity contribution in [2.24, 2.45) is 5.73 Å². The number of hydrogen-bond donors (Lipinski definition) is 8. The first-order valence-electron chi connectivity index (χ1n) is 9.27. The third kappa shape index (κ3) is 9.21. The van der Waals surface area contributed by atoms with E-state index in [-0.39, 0.29) is 6.42 Å². The molecule has 15 nitrogen and oxygen atoms in total. The van der Waals surface area contributed by atoms with Gasteiger partial charge in [0.2, 0.25) is 17.7 Å². The van der Waals surface area contributed by atoms with Gasteiger partial charge >= 0.3 is 17.9 Å². The molecule has 1 heterocycles. The number of nitrogens with one attached hydrogen (secondary N) is 4. The van der Waals surface area contributed by atoms with E-state index in [1.807, 2.05) is 5.32 Å². The Morgan fingerprint density at radius 2 is 1.56 bits per heavy atom. The number of nitrogens with zero attached hydrogens (tertiary/aromatic N) is 1. The smallest absolute Gasteiger partial charge is 0.326 e. The molecule has 3 unspecified atom stereocenters. The van der Waals surface area contributed by atoms with Crippen LogP contribution in [0.1, 0.15) is 25.0 Å². The number of nitrogens with two attached hydrogens (primary N) is 1. The average Bonchev–Trinajstić information content (AvgIpc) is 3.22. The first-order valence-corrected chi connectivity index (χ1v) is 9.27. The molecular formula is C17H24N6O9. The van der Waals surface area contributed by atoms with Crippen molar-refractivity contribution in [1.29, 1.82) is 0 Å². The summed E-state index contributed by atoms with van der Waals surface area (Å²) in [6, 6.07) is -4.55. The summed E-state index contributed by atoms with van der Waals surface area (Å²) in [5.41, 5.74) is 5.71. The zero-order chi connectivity index (χ0) is 24.3. The van der Waals surface area contributed by atoms with E-state index >= 15 is 0 Å². The second kappa shape index (κ2) is 12.6. The molecule has 0 spiro atoms. The second-order valence-corrected chi connectivity index (χ2v) is 6.60. The SMILES string of the molecule is NCC(=O)NC(Cc1cnc[nH]1)C(=O)NC(CCC(=O)O)C(=O)NC(CC(=O)O)C(=O)O. The molecule has 1 aromatic rings. The number of carboxylic acids is 3. The van der Waals surface area contributed by atoms with Crippen molar-refractivity contribution in [2.45, 2.75) is 43.8 Å². The van der Waals surface area contributed by atoms with E-state index < -0.39 is 79.6 Å². The Balaban J connectivity index is 3.01. The summed E-state index contributed by atoms with van der Waals surface area (Å²) in [4.78, 5) is 76.4. The number of H-pyrrole nitrogens is 1. The third-order valence-electron chi connectivity index (χ3n) is 4.09. The largest absolute Gasteiger partial charge is 0.481 e. The molecule has 0 aliphatic carbocycles. The molecule has 1 aromatic heterocycles. The van der Waals surface area contributed by atoms with Crippen LogP contribution in [0.2, 0.25) is 0 Å². The molecular weight excluding hydrogens is 432 g/mol. The van der Waals surface area contributed by atoms with Gasteiger partial charge in [-0.1, -0.05) is 0 Å². The number of amides is 3. The highest BCUT2D eigenvalue weighted by molar-refractivity contribution is 5.94. The van der Waals surface area contributed by atoms with Crippen LogP contribution >= 0.6 is 0 Å². The number of aliphatic carboxylic acids is 3. The van der Waals surface area contributed by atoms with Crippen LogP contribution in [0.5, 0.6) is 0 Å². The zero-order valence-electron chi connectivity index (χ0n) is 16.7. The third-order valence-corrected chi connectivity index (χ3v) is 4.09. The minimum Gasteiger partial charge on any atom is -0.481 e. The van der Waals surface area contributed by atoms with Crippen LogP contribution in [0.3, 0.4) is 0 Å². The van der Waals surface area contributed by atoms with Gasteiger partial charge < -0.3 is 42.0 Å². The van der Waals surface area contributed by atoms with E-state index in [0.717, 1.165) is 0 Å². The number of imidazole rings is 1. The topological polar surface area (TPSA) is 254 Å². The number of carboxylic acid groups (broad SMARTS) is 3. The Morgan fingerprint density at radius 1 is 0.938 bits per heavy atom. The molecule has 0 aliphatic heterocycles. The molecule has 0 saturated heterocycles. The fraction of sp³-hybridized carbons (Fsp3) is 0.471. The number of aromatic amines is 1. The first-order chi connectivity index (χ1) is 15.0. The molecule has 3 amide bonds. The van der Waals surface area contributed by atoms with Crippen LogP contribution in [-0.4, -0.2) is 85.6 Å². The Labute approximate surface area is 180 Å². The summed E-state index contributed by atoms with van der Waals surface area (Å²) in [6.07, 6.45) is 0.750. The number of aromatic nitrogens is 2.